The van der Waals surface area contributed by atoms with Crippen molar-refractivity contribution in [1.82, 2.24) is 38.7 Å². The van der Waals surface area contributed by atoms with Gasteiger partial charge in [-0.3, -0.25) is 13.8 Å². The Labute approximate surface area is 160 Å². The Bertz CT molecular complexity index is 1390. The molecule has 0 atom stereocenters. The van der Waals surface area contributed by atoms with Gasteiger partial charge in [0.25, 0.3) is 11.3 Å². The second-order valence-corrected chi connectivity index (χ2v) is 8.04. The largest absolute Gasteiger partial charge is 0.279 e. The molecule has 5 heterocycles. The summed E-state index contributed by atoms with van der Waals surface area (Å²) in [6.45, 7) is 3.91. The summed E-state index contributed by atoms with van der Waals surface area (Å²) in [5.41, 5.74) is 2.67. The molecule has 136 valence electrons. The highest BCUT2D eigenvalue weighted by Gasteiger charge is 2.17. The first-order valence-electron chi connectivity index (χ1n) is 8.17. The van der Waals surface area contributed by atoms with E-state index in [9.17, 15) is 4.79 Å². The third-order valence-electron chi connectivity index (χ3n) is 4.33. The Hall–Kier alpha value is -2.79. The molecule has 11 heteroatoms. The van der Waals surface area contributed by atoms with Crippen LogP contribution in [0.1, 0.15) is 17.2 Å². The van der Waals surface area contributed by atoms with Gasteiger partial charge < -0.3 is 0 Å². The molecular formula is C16H14N8OS2. The van der Waals surface area contributed by atoms with Crippen LogP contribution in [0.3, 0.4) is 0 Å². The van der Waals surface area contributed by atoms with Gasteiger partial charge in [0, 0.05) is 18.4 Å². The summed E-state index contributed by atoms with van der Waals surface area (Å²) in [6.07, 6.45) is 0. The van der Waals surface area contributed by atoms with Crippen LogP contribution in [0.25, 0.3) is 21.8 Å². The monoisotopic (exact) mass is 398 g/mol. The molecule has 5 aromatic rings. The molecule has 9 nitrogen and oxygen atoms in total. The van der Waals surface area contributed by atoms with Crippen molar-refractivity contribution in [2.24, 2.45) is 7.05 Å². The van der Waals surface area contributed by atoms with E-state index in [0.29, 0.717) is 27.2 Å². The fourth-order valence-corrected chi connectivity index (χ4v) is 4.67. The number of hydrogen-bond donors (Lipinski definition) is 0. The van der Waals surface area contributed by atoms with Gasteiger partial charge in [-0.2, -0.15) is 4.98 Å². The summed E-state index contributed by atoms with van der Waals surface area (Å²) in [7, 11) is 1.71. The molecule has 5 rings (SSSR count). The van der Waals surface area contributed by atoms with Crippen LogP contribution < -0.4 is 5.56 Å². The molecule has 0 aliphatic rings. The van der Waals surface area contributed by atoms with Crippen molar-refractivity contribution in [2.45, 2.75) is 24.8 Å². The summed E-state index contributed by atoms with van der Waals surface area (Å²) in [5, 5.41) is 15.5. The molecule has 0 aliphatic carbocycles. The normalized spacial score (nSPS) is 12.0. The predicted octanol–water partition coefficient (Wildman–Crippen LogP) is 1.99. The van der Waals surface area contributed by atoms with E-state index in [0.717, 1.165) is 22.7 Å². The molecule has 0 aliphatic heterocycles. The zero-order valence-corrected chi connectivity index (χ0v) is 16.4. The fourth-order valence-electron chi connectivity index (χ4n) is 3.08. The third kappa shape index (κ3) is 2.46. The van der Waals surface area contributed by atoms with E-state index in [-0.39, 0.29) is 5.56 Å². The summed E-state index contributed by atoms with van der Waals surface area (Å²) in [4.78, 5) is 21.3. The Morgan fingerprint density at radius 2 is 2.07 bits per heavy atom. The molecule has 0 spiro atoms. The molecule has 0 aromatic carbocycles. The summed E-state index contributed by atoms with van der Waals surface area (Å²) in [5.74, 6) is 2.38. The molecule has 0 unspecified atom stereocenters. The Morgan fingerprint density at radius 3 is 2.93 bits per heavy atom. The lowest BCUT2D eigenvalue weighted by atomic mass is 10.4. The number of hydrogen-bond acceptors (Lipinski definition) is 8. The van der Waals surface area contributed by atoms with Gasteiger partial charge in [-0.1, -0.05) is 11.8 Å². The summed E-state index contributed by atoms with van der Waals surface area (Å²) >= 11 is 2.89. The Balaban J connectivity index is 1.56. The van der Waals surface area contributed by atoms with Crippen molar-refractivity contribution in [3.63, 3.8) is 0 Å². The van der Waals surface area contributed by atoms with Crippen LogP contribution in [0.4, 0.5) is 0 Å². The van der Waals surface area contributed by atoms with E-state index < -0.39 is 0 Å². The quantitative estimate of drug-likeness (QED) is 0.429. The maximum absolute atomic E-state index is 12.4. The minimum atomic E-state index is -0.0574. The molecule has 0 bridgehead atoms. The number of rotatable bonds is 3. The minimum Gasteiger partial charge on any atom is -0.279 e. The van der Waals surface area contributed by atoms with Crippen LogP contribution in [0.15, 0.2) is 27.5 Å². The fraction of sp³-hybridized carbons (Fsp3) is 0.250. The van der Waals surface area contributed by atoms with E-state index >= 15 is 0 Å². The van der Waals surface area contributed by atoms with Crippen molar-refractivity contribution in [1.29, 1.82) is 0 Å². The van der Waals surface area contributed by atoms with Crippen LogP contribution in [-0.4, -0.2) is 38.7 Å². The van der Waals surface area contributed by atoms with Gasteiger partial charge in [0.2, 0.25) is 10.9 Å². The number of nitrogens with zero attached hydrogens (tertiary/aromatic N) is 8. The van der Waals surface area contributed by atoms with Gasteiger partial charge in [0.05, 0.1) is 11.3 Å². The molecule has 0 saturated carbocycles. The lowest BCUT2D eigenvalue weighted by Crippen LogP contribution is -2.19. The van der Waals surface area contributed by atoms with Crippen LogP contribution in [0.2, 0.25) is 0 Å². The molecule has 27 heavy (non-hydrogen) atoms. The van der Waals surface area contributed by atoms with E-state index in [2.05, 4.69) is 25.3 Å². The van der Waals surface area contributed by atoms with Crippen molar-refractivity contribution in [3.05, 3.63) is 45.1 Å². The molecule has 5 aromatic heterocycles. The topological polar surface area (TPSA) is 95.3 Å². The van der Waals surface area contributed by atoms with Gasteiger partial charge >= 0.3 is 0 Å². The number of thiophene rings is 1. The summed E-state index contributed by atoms with van der Waals surface area (Å²) < 4.78 is 5.87. The highest BCUT2D eigenvalue weighted by molar-refractivity contribution is 7.98. The first kappa shape index (κ1) is 16.4. The number of aryl methyl sites for hydroxylation is 3. The Morgan fingerprint density at radius 1 is 1.22 bits per heavy atom. The molecule has 0 N–H and O–H groups in total. The second kappa shape index (κ2) is 5.86. The number of aromatic nitrogens is 8. The number of thioether (sulfide) groups is 1. The minimum absolute atomic E-state index is 0.0574. The van der Waals surface area contributed by atoms with Crippen LogP contribution >= 0.6 is 23.1 Å². The zero-order valence-electron chi connectivity index (χ0n) is 14.7. The van der Waals surface area contributed by atoms with E-state index in [1.54, 1.807) is 11.6 Å². The van der Waals surface area contributed by atoms with Crippen molar-refractivity contribution in [2.75, 3.05) is 0 Å². The van der Waals surface area contributed by atoms with Crippen LogP contribution in [0, 0.1) is 13.8 Å². The maximum atomic E-state index is 12.4. The van der Waals surface area contributed by atoms with Crippen molar-refractivity contribution < 1.29 is 0 Å². The molecule has 0 amide bonds. The smallest absolute Gasteiger partial charge is 0.272 e. The molecular weight excluding hydrogens is 384 g/mol. The SMILES string of the molecule is Cc1cc(C)n2nc(SCc3nnc4n(C)c(=O)c5sccc5n34)nc2n1. The van der Waals surface area contributed by atoms with Gasteiger partial charge in [-0.05, 0) is 31.4 Å². The lowest BCUT2D eigenvalue weighted by molar-refractivity contribution is 0.842. The average Bonchev–Trinajstić information content (AvgIpc) is 3.34. The highest BCUT2D eigenvalue weighted by atomic mass is 32.2. The second-order valence-electron chi connectivity index (χ2n) is 6.18. The molecule has 0 radical (unpaired) electrons. The first-order chi connectivity index (χ1) is 13.0. The predicted molar refractivity (Wildman–Crippen MR) is 103 cm³/mol. The average molecular weight is 398 g/mol. The zero-order chi connectivity index (χ0) is 18.7. The standard InChI is InChI=1S/C16H14N8OS2/c1-8-6-9(2)24-14(17-8)18-15(21-24)27-7-11-19-20-16-22(3)13(25)12-10(23(11)16)4-5-26-12/h4-6H,7H2,1-3H3. The van der Waals surface area contributed by atoms with Crippen LogP contribution in [-0.2, 0) is 12.8 Å². The van der Waals surface area contributed by atoms with Crippen molar-refractivity contribution in [3.8, 4) is 0 Å². The number of fused-ring (bicyclic) bond motifs is 4. The first-order valence-corrected chi connectivity index (χ1v) is 10.0. The van der Waals surface area contributed by atoms with Crippen molar-refractivity contribution >= 4 is 44.9 Å². The maximum Gasteiger partial charge on any atom is 0.272 e. The molecule has 0 fully saturated rings. The highest BCUT2D eigenvalue weighted by Crippen LogP contribution is 2.23. The van der Waals surface area contributed by atoms with Gasteiger partial charge in [-0.25, -0.2) is 9.50 Å². The van der Waals surface area contributed by atoms with Gasteiger partial charge in [0.15, 0.2) is 0 Å². The van der Waals surface area contributed by atoms with E-state index in [1.165, 1.54) is 27.7 Å². The summed E-state index contributed by atoms with van der Waals surface area (Å²) in [6, 6.07) is 3.89. The van der Waals surface area contributed by atoms with Gasteiger partial charge in [0.1, 0.15) is 10.5 Å². The molecule has 0 saturated heterocycles. The van der Waals surface area contributed by atoms with Crippen LogP contribution in [0.5, 0.6) is 0 Å². The Kier molecular flexibility index (Phi) is 3.56. The lowest BCUT2D eigenvalue weighted by Gasteiger charge is -2.04. The third-order valence-corrected chi connectivity index (χ3v) is 6.05. The van der Waals surface area contributed by atoms with E-state index in [4.69, 9.17) is 0 Å². The van der Waals surface area contributed by atoms with E-state index in [1.807, 2.05) is 35.8 Å². The van der Waals surface area contributed by atoms with Gasteiger partial charge in [-0.15, -0.1) is 26.6 Å².